The largest absolute Gasteiger partial charge is 0.468 e. The minimum Gasteiger partial charge on any atom is -0.468 e. The summed E-state index contributed by atoms with van der Waals surface area (Å²) in [6.45, 7) is 1.80. The summed E-state index contributed by atoms with van der Waals surface area (Å²) < 4.78 is 6.39. The minimum absolute atomic E-state index is 0.106. The van der Waals surface area contributed by atoms with Gasteiger partial charge in [0.15, 0.2) is 0 Å². The van der Waals surface area contributed by atoms with Gasteiger partial charge in [0.1, 0.15) is 0 Å². The molecule has 1 heterocycles. The fourth-order valence-electron chi connectivity index (χ4n) is 1.84. The van der Waals surface area contributed by atoms with Gasteiger partial charge in [0, 0.05) is 23.9 Å². The Bertz CT molecular complexity index is 758. The van der Waals surface area contributed by atoms with Crippen LogP contribution in [0.1, 0.15) is 11.3 Å². The highest BCUT2D eigenvalue weighted by Gasteiger charge is 2.13. The van der Waals surface area contributed by atoms with Gasteiger partial charge < -0.3 is 4.74 Å². The van der Waals surface area contributed by atoms with Crippen molar-refractivity contribution >= 4 is 17.3 Å². The Kier molecular flexibility index (Phi) is 4.23. The molecule has 0 aliphatic heterocycles. The maximum absolute atomic E-state index is 12.0. The van der Waals surface area contributed by atoms with Crippen LogP contribution in [0.4, 0.5) is 5.69 Å². The molecule has 0 fully saturated rings. The lowest BCUT2D eigenvalue weighted by Gasteiger charge is -2.11. The highest BCUT2D eigenvalue weighted by Crippen LogP contribution is 2.23. The van der Waals surface area contributed by atoms with E-state index in [1.54, 1.807) is 6.92 Å². The van der Waals surface area contributed by atoms with Crippen LogP contribution in [0.3, 0.4) is 0 Å². The Morgan fingerprint density at radius 3 is 2.71 bits per heavy atom. The van der Waals surface area contributed by atoms with E-state index >= 15 is 0 Å². The summed E-state index contributed by atoms with van der Waals surface area (Å²) in [6, 6.07) is 5.62. The smallest absolute Gasteiger partial charge is 0.299 e. The minimum atomic E-state index is -0.532. The standard InChI is InChI=1S/C13H12ClN3O4/c1-8-5-12(18)16(13(15-8)21-2)7-9-3-4-10(17(19)20)6-11(9)14/h3-6H,7H2,1-2H3. The summed E-state index contributed by atoms with van der Waals surface area (Å²) in [4.78, 5) is 26.3. The van der Waals surface area contributed by atoms with Crippen LogP contribution in [0, 0.1) is 17.0 Å². The number of benzene rings is 1. The van der Waals surface area contributed by atoms with Crippen LogP contribution in [0.25, 0.3) is 0 Å². The van der Waals surface area contributed by atoms with Crippen molar-refractivity contribution in [1.82, 2.24) is 9.55 Å². The summed E-state index contributed by atoms with van der Waals surface area (Å²) in [5.41, 5.74) is 0.718. The van der Waals surface area contributed by atoms with Crippen molar-refractivity contribution in [2.24, 2.45) is 0 Å². The zero-order valence-electron chi connectivity index (χ0n) is 11.4. The van der Waals surface area contributed by atoms with Crippen LogP contribution < -0.4 is 10.3 Å². The van der Waals surface area contributed by atoms with Crippen LogP contribution in [0.2, 0.25) is 5.02 Å². The molecule has 0 unspecified atom stereocenters. The Balaban J connectivity index is 2.43. The topological polar surface area (TPSA) is 87.3 Å². The van der Waals surface area contributed by atoms with Gasteiger partial charge in [-0.2, -0.15) is 0 Å². The van der Waals surface area contributed by atoms with E-state index in [4.69, 9.17) is 16.3 Å². The van der Waals surface area contributed by atoms with Crippen LogP contribution >= 0.6 is 11.6 Å². The molecule has 0 saturated carbocycles. The first-order valence-electron chi connectivity index (χ1n) is 5.97. The molecular formula is C13H12ClN3O4. The second-order valence-corrected chi connectivity index (χ2v) is 4.75. The number of non-ortho nitro benzene ring substituents is 1. The number of hydrogen-bond acceptors (Lipinski definition) is 5. The second-order valence-electron chi connectivity index (χ2n) is 4.34. The lowest BCUT2D eigenvalue weighted by molar-refractivity contribution is -0.384. The molecule has 0 bridgehead atoms. The average Bonchev–Trinajstić information content (AvgIpc) is 2.42. The number of methoxy groups -OCH3 is 1. The maximum Gasteiger partial charge on any atom is 0.299 e. The van der Waals surface area contributed by atoms with Gasteiger partial charge in [0.2, 0.25) is 0 Å². The van der Waals surface area contributed by atoms with Gasteiger partial charge in [-0.05, 0) is 18.6 Å². The van der Waals surface area contributed by atoms with Crippen molar-refractivity contribution in [2.75, 3.05) is 7.11 Å². The normalized spacial score (nSPS) is 10.4. The van der Waals surface area contributed by atoms with Gasteiger partial charge in [-0.25, -0.2) is 4.98 Å². The molecule has 0 amide bonds. The van der Waals surface area contributed by atoms with Gasteiger partial charge in [-0.3, -0.25) is 19.5 Å². The first-order valence-corrected chi connectivity index (χ1v) is 6.35. The van der Waals surface area contributed by atoms with E-state index in [1.165, 1.54) is 35.9 Å². The third-order valence-electron chi connectivity index (χ3n) is 2.86. The Hall–Kier alpha value is -2.41. The molecule has 21 heavy (non-hydrogen) atoms. The fourth-order valence-corrected chi connectivity index (χ4v) is 2.08. The monoisotopic (exact) mass is 309 g/mol. The molecule has 110 valence electrons. The van der Waals surface area contributed by atoms with E-state index < -0.39 is 4.92 Å². The van der Waals surface area contributed by atoms with Crippen molar-refractivity contribution in [1.29, 1.82) is 0 Å². The molecule has 0 aliphatic carbocycles. The third kappa shape index (κ3) is 3.19. The molecule has 7 nitrogen and oxygen atoms in total. The van der Waals surface area contributed by atoms with Gasteiger partial charge in [-0.1, -0.05) is 11.6 Å². The number of nitro groups is 1. The number of rotatable bonds is 4. The number of nitro benzene ring substituents is 1. The molecule has 2 aromatic rings. The number of aromatic nitrogens is 2. The molecule has 0 atom stereocenters. The predicted molar refractivity (Wildman–Crippen MR) is 77.0 cm³/mol. The molecule has 1 aromatic carbocycles. The van der Waals surface area contributed by atoms with E-state index in [2.05, 4.69) is 4.98 Å². The van der Waals surface area contributed by atoms with Crippen LogP contribution in [-0.2, 0) is 6.54 Å². The van der Waals surface area contributed by atoms with Crippen molar-refractivity contribution in [2.45, 2.75) is 13.5 Å². The van der Waals surface area contributed by atoms with E-state index in [-0.39, 0.29) is 28.8 Å². The molecule has 2 rings (SSSR count). The zero-order chi connectivity index (χ0) is 15.6. The highest BCUT2D eigenvalue weighted by atomic mass is 35.5. The molecular weight excluding hydrogens is 298 g/mol. The lowest BCUT2D eigenvalue weighted by Crippen LogP contribution is -2.23. The van der Waals surface area contributed by atoms with E-state index in [0.717, 1.165) is 0 Å². The second kappa shape index (κ2) is 5.92. The maximum atomic E-state index is 12.0. The molecule has 0 radical (unpaired) electrons. The Morgan fingerprint density at radius 2 is 2.14 bits per heavy atom. The predicted octanol–water partition coefficient (Wildman–Crippen LogP) is 2.17. The number of aryl methyl sites for hydroxylation is 1. The molecule has 0 N–H and O–H groups in total. The highest BCUT2D eigenvalue weighted by molar-refractivity contribution is 6.31. The number of halogens is 1. The van der Waals surface area contributed by atoms with E-state index in [9.17, 15) is 14.9 Å². The quantitative estimate of drug-likeness (QED) is 0.638. The van der Waals surface area contributed by atoms with Crippen LogP contribution in [-0.4, -0.2) is 21.6 Å². The van der Waals surface area contributed by atoms with Crippen molar-refractivity contribution in [3.05, 3.63) is 61.0 Å². The number of ether oxygens (including phenoxy) is 1. The number of nitrogens with zero attached hydrogens (tertiary/aromatic N) is 3. The molecule has 0 saturated heterocycles. The molecule has 0 aliphatic rings. The van der Waals surface area contributed by atoms with Crippen molar-refractivity contribution in [3.8, 4) is 6.01 Å². The van der Waals surface area contributed by atoms with Gasteiger partial charge in [0.05, 0.1) is 23.6 Å². The lowest BCUT2D eigenvalue weighted by atomic mass is 10.2. The molecule has 1 aromatic heterocycles. The average molecular weight is 310 g/mol. The van der Waals surface area contributed by atoms with E-state index in [0.29, 0.717) is 11.3 Å². The summed E-state index contributed by atoms with van der Waals surface area (Å²) in [7, 11) is 1.41. The first-order chi connectivity index (χ1) is 9.92. The van der Waals surface area contributed by atoms with E-state index in [1.807, 2.05) is 0 Å². The van der Waals surface area contributed by atoms with Crippen LogP contribution in [0.5, 0.6) is 6.01 Å². The number of hydrogen-bond donors (Lipinski definition) is 0. The Morgan fingerprint density at radius 1 is 1.43 bits per heavy atom. The van der Waals surface area contributed by atoms with Gasteiger partial charge in [-0.15, -0.1) is 0 Å². The summed E-state index contributed by atoms with van der Waals surface area (Å²) in [5.74, 6) is 0. The van der Waals surface area contributed by atoms with Gasteiger partial charge >= 0.3 is 0 Å². The first kappa shape index (κ1) is 15.0. The molecule has 0 spiro atoms. The Labute approximate surface area is 124 Å². The van der Waals surface area contributed by atoms with Crippen molar-refractivity contribution < 1.29 is 9.66 Å². The zero-order valence-corrected chi connectivity index (χ0v) is 12.1. The SMILES string of the molecule is COc1nc(C)cc(=O)n1Cc1ccc([N+](=O)[O-])cc1Cl. The third-order valence-corrected chi connectivity index (χ3v) is 3.21. The van der Waals surface area contributed by atoms with Crippen molar-refractivity contribution in [3.63, 3.8) is 0 Å². The fraction of sp³-hybridized carbons (Fsp3) is 0.231. The summed E-state index contributed by atoms with van der Waals surface area (Å²) in [6.07, 6.45) is 0. The molecule has 8 heteroatoms. The summed E-state index contributed by atoms with van der Waals surface area (Å²) in [5, 5.41) is 10.9. The summed E-state index contributed by atoms with van der Waals surface area (Å²) >= 11 is 6.02. The van der Waals surface area contributed by atoms with Gasteiger partial charge in [0.25, 0.3) is 17.3 Å². The van der Waals surface area contributed by atoms with Crippen LogP contribution in [0.15, 0.2) is 29.1 Å².